The summed E-state index contributed by atoms with van der Waals surface area (Å²) in [7, 11) is 0. The number of nitrogens with zero attached hydrogens (tertiary/aromatic N) is 2. The highest BCUT2D eigenvalue weighted by molar-refractivity contribution is 6.34. The van der Waals surface area contributed by atoms with Gasteiger partial charge in [-0.15, -0.1) is 0 Å². The molecule has 1 aliphatic heterocycles. The molecule has 0 radical (unpaired) electrons. The highest BCUT2D eigenvalue weighted by atomic mass is 35.5. The largest absolute Gasteiger partial charge is 0.480 e. The normalized spacial score (nSPS) is 22.6. The number of carbonyl (C=O) groups is 2. The van der Waals surface area contributed by atoms with E-state index >= 15 is 0 Å². The number of carbonyl (C=O) groups excluding carboxylic acids is 1. The number of hydrogen-bond acceptors (Lipinski definition) is 3. The Balaban J connectivity index is 2.40. The number of pyridine rings is 1. The topological polar surface area (TPSA) is 70.5 Å². The lowest BCUT2D eigenvalue weighted by Gasteiger charge is -2.41. The maximum absolute atomic E-state index is 12.5. The Bertz CT molecular complexity index is 565. The standard InChI is InChI=1S/C13H14Cl2N2O3/c1-13(12(19)20)6-2-3-7-17(13)11(18)10-8(14)4-5-9(15)16-10/h4-5H,2-3,6-7H2,1H3,(H,19,20). The van der Waals surface area contributed by atoms with Crippen molar-refractivity contribution in [1.82, 2.24) is 9.88 Å². The maximum atomic E-state index is 12.5. The molecule has 1 amide bonds. The quantitative estimate of drug-likeness (QED) is 0.852. The Hall–Kier alpha value is -1.33. The van der Waals surface area contributed by atoms with Crippen molar-refractivity contribution in [3.8, 4) is 0 Å². The van der Waals surface area contributed by atoms with Gasteiger partial charge < -0.3 is 10.0 Å². The number of rotatable bonds is 2. The molecule has 0 aromatic carbocycles. The van der Waals surface area contributed by atoms with Crippen molar-refractivity contribution < 1.29 is 14.7 Å². The van der Waals surface area contributed by atoms with Crippen LogP contribution in [0, 0.1) is 0 Å². The average Bonchev–Trinajstić information content (AvgIpc) is 2.41. The smallest absolute Gasteiger partial charge is 0.329 e. The second-order valence-corrected chi connectivity index (χ2v) is 5.75. The number of hydrogen-bond donors (Lipinski definition) is 1. The van der Waals surface area contributed by atoms with Crippen LogP contribution in [0.15, 0.2) is 12.1 Å². The molecule has 1 saturated heterocycles. The van der Waals surface area contributed by atoms with E-state index in [0.29, 0.717) is 13.0 Å². The SMILES string of the molecule is CC1(C(=O)O)CCCCN1C(=O)c1nc(Cl)ccc1Cl. The fourth-order valence-corrected chi connectivity index (χ4v) is 2.70. The van der Waals surface area contributed by atoms with Crippen LogP contribution >= 0.6 is 23.2 Å². The summed E-state index contributed by atoms with van der Waals surface area (Å²) < 4.78 is 0. The zero-order valence-electron chi connectivity index (χ0n) is 10.9. The number of piperidine rings is 1. The van der Waals surface area contributed by atoms with E-state index in [2.05, 4.69) is 4.98 Å². The molecule has 20 heavy (non-hydrogen) atoms. The lowest BCUT2D eigenvalue weighted by Crippen LogP contribution is -2.57. The van der Waals surface area contributed by atoms with Gasteiger partial charge in [-0.3, -0.25) is 4.79 Å². The van der Waals surface area contributed by atoms with E-state index in [1.165, 1.54) is 17.0 Å². The van der Waals surface area contributed by atoms with Gasteiger partial charge in [0.1, 0.15) is 16.4 Å². The van der Waals surface area contributed by atoms with Gasteiger partial charge in [-0.1, -0.05) is 23.2 Å². The highest BCUT2D eigenvalue weighted by Crippen LogP contribution is 2.31. The van der Waals surface area contributed by atoms with Gasteiger partial charge in [0.2, 0.25) is 0 Å². The molecule has 1 unspecified atom stereocenters. The van der Waals surface area contributed by atoms with Crippen LogP contribution in [0.3, 0.4) is 0 Å². The molecule has 1 aliphatic rings. The Morgan fingerprint density at radius 3 is 2.70 bits per heavy atom. The first-order chi connectivity index (χ1) is 9.36. The molecule has 0 spiro atoms. The third-order valence-electron chi connectivity index (χ3n) is 3.61. The van der Waals surface area contributed by atoms with E-state index in [1.54, 1.807) is 6.92 Å². The first-order valence-corrected chi connectivity index (χ1v) is 6.99. The molecule has 0 bridgehead atoms. The predicted octanol–water partition coefficient (Wildman–Crippen LogP) is 2.86. The molecule has 1 aromatic heterocycles. The van der Waals surface area contributed by atoms with Gasteiger partial charge in [0.25, 0.3) is 5.91 Å². The van der Waals surface area contributed by atoms with Crippen molar-refractivity contribution in [2.24, 2.45) is 0 Å². The fourth-order valence-electron chi connectivity index (χ4n) is 2.37. The molecular weight excluding hydrogens is 303 g/mol. The van der Waals surface area contributed by atoms with Crippen molar-refractivity contribution in [2.75, 3.05) is 6.54 Å². The second kappa shape index (κ2) is 5.58. The van der Waals surface area contributed by atoms with Crippen LogP contribution in [-0.2, 0) is 4.79 Å². The number of aliphatic carboxylic acids is 1. The first-order valence-electron chi connectivity index (χ1n) is 6.23. The molecule has 7 heteroatoms. The zero-order chi connectivity index (χ0) is 14.9. The minimum Gasteiger partial charge on any atom is -0.480 e. The van der Waals surface area contributed by atoms with E-state index in [0.717, 1.165) is 12.8 Å². The van der Waals surface area contributed by atoms with Crippen LogP contribution in [0.4, 0.5) is 0 Å². The third-order valence-corrected chi connectivity index (χ3v) is 4.13. The molecular formula is C13H14Cl2N2O3. The summed E-state index contributed by atoms with van der Waals surface area (Å²) in [5.41, 5.74) is -1.24. The molecule has 1 fully saturated rings. The number of likely N-dealkylation sites (tertiary alicyclic amines) is 1. The summed E-state index contributed by atoms with van der Waals surface area (Å²) in [5.74, 6) is -1.52. The maximum Gasteiger partial charge on any atom is 0.329 e. The zero-order valence-corrected chi connectivity index (χ0v) is 12.4. The summed E-state index contributed by atoms with van der Waals surface area (Å²) in [6.45, 7) is 1.91. The van der Waals surface area contributed by atoms with E-state index < -0.39 is 17.4 Å². The number of carboxylic acids is 1. The Kier molecular flexibility index (Phi) is 4.20. The van der Waals surface area contributed by atoms with Gasteiger partial charge >= 0.3 is 5.97 Å². The van der Waals surface area contributed by atoms with Crippen molar-refractivity contribution in [3.05, 3.63) is 28.0 Å². The van der Waals surface area contributed by atoms with E-state index in [1.807, 2.05) is 0 Å². The van der Waals surface area contributed by atoms with Crippen LogP contribution in [0.5, 0.6) is 0 Å². The van der Waals surface area contributed by atoms with Crippen LogP contribution in [-0.4, -0.2) is 39.0 Å². The molecule has 1 atom stereocenters. The minimum absolute atomic E-state index is 0.00598. The average molecular weight is 317 g/mol. The number of carboxylic acid groups (broad SMARTS) is 1. The third kappa shape index (κ3) is 2.60. The molecule has 108 valence electrons. The summed E-state index contributed by atoms with van der Waals surface area (Å²) in [4.78, 5) is 29.3. The molecule has 1 aromatic rings. The van der Waals surface area contributed by atoms with Crippen molar-refractivity contribution in [3.63, 3.8) is 0 Å². The Morgan fingerprint density at radius 2 is 2.05 bits per heavy atom. The van der Waals surface area contributed by atoms with Gasteiger partial charge in [-0.05, 0) is 38.3 Å². The summed E-state index contributed by atoms with van der Waals surface area (Å²) >= 11 is 11.7. The number of aromatic nitrogens is 1. The Labute approximate surface area is 126 Å². The van der Waals surface area contributed by atoms with E-state index in [4.69, 9.17) is 23.2 Å². The molecule has 0 aliphatic carbocycles. The lowest BCUT2D eigenvalue weighted by molar-refractivity contribution is -0.150. The lowest BCUT2D eigenvalue weighted by atomic mass is 9.88. The van der Waals surface area contributed by atoms with E-state index in [-0.39, 0.29) is 15.9 Å². The second-order valence-electron chi connectivity index (χ2n) is 4.96. The van der Waals surface area contributed by atoms with E-state index in [9.17, 15) is 14.7 Å². The Morgan fingerprint density at radius 1 is 1.35 bits per heavy atom. The molecule has 2 rings (SSSR count). The van der Waals surface area contributed by atoms with Gasteiger partial charge in [0.05, 0.1) is 5.02 Å². The van der Waals surface area contributed by atoms with Crippen LogP contribution < -0.4 is 0 Å². The minimum atomic E-state index is -1.23. The summed E-state index contributed by atoms with van der Waals surface area (Å²) in [5, 5.41) is 9.72. The molecule has 5 nitrogen and oxygen atoms in total. The van der Waals surface area contributed by atoms with Crippen LogP contribution in [0.1, 0.15) is 36.7 Å². The van der Waals surface area contributed by atoms with Crippen molar-refractivity contribution >= 4 is 35.1 Å². The van der Waals surface area contributed by atoms with Gasteiger partial charge in [0, 0.05) is 6.54 Å². The summed E-state index contributed by atoms with van der Waals surface area (Å²) in [6, 6.07) is 2.96. The molecule has 1 N–H and O–H groups in total. The highest BCUT2D eigenvalue weighted by Gasteiger charge is 2.44. The molecule has 2 heterocycles. The number of halogens is 2. The predicted molar refractivity (Wildman–Crippen MR) is 75.2 cm³/mol. The monoisotopic (exact) mass is 316 g/mol. The first kappa shape index (κ1) is 15.1. The summed E-state index contributed by atoms with van der Waals surface area (Å²) in [6.07, 6.45) is 1.93. The van der Waals surface area contributed by atoms with Crippen molar-refractivity contribution in [2.45, 2.75) is 31.7 Å². The molecule has 0 saturated carbocycles. The number of amides is 1. The van der Waals surface area contributed by atoms with Gasteiger partial charge in [-0.25, -0.2) is 9.78 Å². The fraction of sp³-hybridized carbons (Fsp3) is 0.462. The van der Waals surface area contributed by atoms with Gasteiger partial charge in [-0.2, -0.15) is 0 Å². The van der Waals surface area contributed by atoms with Crippen LogP contribution in [0.2, 0.25) is 10.2 Å². The van der Waals surface area contributed by atoms with Crippen LogP contribution in [0.25, 0.3) is 0 Å². The van der Waals surface area contributed by atoms with Crippen molar-refractivity contribution in [1.29, 1.82) is 0 Å². The van der Waals surface area contributed by atoms with Gasteiger partial charge in [0.15, 0.2) is 0 Å².